The van der Waals surface area contributed by atoms with E-state index in [4.69, 9.17) is 15.9 Å². The van der Waals surface area contributed by atoms with Crippen LogP contribution >= 0.6 is 0 Å². The number of hydrogen-bond donors (Lipinski definition) is 1. The lowest BCUT2D eigenvalue weighted by Gasteiger charge is -2.19. The van der Waals surface area contributed by atoms with Crippen LogP contribution in [0.5, 0.6) is 5.75 Å². The smallest absolute Gasteiger partial charge is 0.125 e. The molecule has 1 saturated carbocycles. The molecule has 1 N–H and O–H groups in total. The molecule has 3 heteroatoms. The quantitative estimate of drug-likeness (QED) is 0.613. The lowest BCUT2D eigenvalue weighted by Crippen LogP contribution is -2.25. The summed E-state index contributed by atoms with van der Waals surface area (Å²) in [6.45, 7) is 1.11. The number of nitrogens with one attached hydrogen (secondary N) is 1. The van der Waals surface area contributed by atoms with Crippen molar-refractivity contribution in [2.75, 3.05) is 27.4 Å². The van der Waals surface area contributed by atoms with Gasteiger partial charge in [-0.1, -0.05) is 12.0 Å². The molecule has 1 fully saturated rings. The van der Waals surface area contributed by atoms with Crippen molar-refractivity contribution in [1.82, 2.24) is 5.32 Å². The van der Waals surface area contributed by atoms with Gasteiger partial charge in [0, 0.05) is 23.8 Å². The van der Waals surface area contributed by atoms with Crippen molar-refractivity contribution < 1.29 is 9.47 Å². The molecule has 1 aliphatic carbocycles. The molecule has 0 heterocycles. The number of ether oxygens (including phenoxy) is 2. The van der Waals surface area contributed by atoms with Crippen LogP contribution in [-0.2, 0) is 10.3 Å². The SMILES string of the molecule is C#Cc1ccc(C2(NC)CC2)c(OCCOC)c1. The van der Waals surface area contributed by atoms with Crippen LogP contribution in [0.3, 0.4) is 0 Å². The van der Waals surface area contributed by atoms with Crippen molar-refractivity contribution >= 4 is 0 Å². The number of terminal acetylenes is 1. The Labute approximate surface area is 108 Å². The van der Waals surface area contributed by atoms with Crippen molar-refractivity contribution in [1.29, 1.82) is 0 Å². The maximum atomic E-state index is 5.79. The lowest BCUT2D eigenvalue weighted by molar-refractivity contribution is 0.145. The fraction of sp³-hybridized carbons (Fsp3) is 0.467. The molecule has 0 unspecified atom stereocenters. The van der Waals surface area contributed by atoms with Gasteiger partial charge >= 0.3 is 0 Å². The van der Waals surface area contributed by atoms with Crippen LogP contribution in [0.4, 0.5) is 0 Å². The number of rotatable bonds is 6. The first-order chi connectivity index (χ1) is 8.75. The molecule has 0 spiro atoms. The van der Waals surface area contributed by atoms with Crippen LogP contribution < -0.4 is 10.1 Å². The molecule has 2 rings (SSSR count). The van der Waals surface area contributed by atoms with E-state index in [0.29, 0.717) is 13.2 Å². The summed E-state index contributed by atoms with van der Waals surface area (Å²) in [5, 5.41) is 3.37. The second kappa shape index (κ2) is 5.43. The minimum atomic E-state index is 0.0789. The summed E-state index contributed by atoms with van der Waals surface area (Å²) < 4.78 is 10.8. The molecule has 0 aromatic heterocycles. The Morgan fingerprint density at radius 1 is 1.39 bits per heavy atom. The van der Waals surface area contributed by atoms with Gasteiger partial charge in [-0.15, -0.1) is 6.42 Å². The normalized spacial score (nSPS) is 16.1. The molecular weight excluding hydrogens is 226 g/mol. The van der Waals surface area contributed by atoms with Gasteiger partial charge in [0.2, 0.25) is 0 Å². The Balaban J connectivity index is 2.25. The highest BCUT2D eigenvalue weighted by molar-refractivity contribution is 5.48. The molecule has 1 aliphatic rings. The highest BCUT2D eigenvalue weighted by Crippen LogP contribution is 2.48. The summed E-state index contributed by atoms with van der Waals surface area (Å²) in [5.74, 6) is 3.51. The first kappa shape index (κ1) is 12.9. The minimum Gasteiger partial charge on any atom is -0.491 e. The summed E-state index contributed by atoms with van der Waals surface area (Å²) in [6.07, 6.45) is 7.71. The van der Waals surface area contributed by atoms with Gasteiger partial charge in [0.25, 0.3) is 0 Å². The Morgan fingerprint density at radius 2 is 2.17 bits per heavy atom. The highest BCUT2D eigenvalue weighted by Gasteiger charge is 2.44. The predicted molar refractivity (Wildman–Crippen MR) is 71.7 cm³/mol. The van der Waals surface area contributed by atoms with Crippen molar-refractivity contribution in [3.05, 3.63) is 29.3 Å². The van der Waals surface area contributed by atoms with E-state index in [0.717, 1.165) is 24.2 Å². The standard InChI is InChI=1S/C15H19NO2/c1-4-12-5-6-13(15(16-2)7-8-15)14(11-12)18-10-9-17-3/h1,5-6,11,16H,7-10H2,2-3H3. The van der Waals surface area contributed by atoms with Crippen LogP contribution in [-0.4, -0.2) is 27.4 Å². The Bertz CT molecular complexity index is 458. The van der Waals surface area contributed by atoms with Crippen molar-refractivity contribution in [3.8, 4) is 18.1 Å². The number of benzene rings is 1. The third kappa shape index (κ3) is 2.50. The van der Waals surface area contributed by atoms with Gasteiger partial charge in [-0.2, -0.15) is 0 Å². The molecule has 1 aromatic rings. The fourth-order valence-electron chi connectivity index (χ4n) is 2.14. The second-order valence-corrected chi connectivity index (χ2v) is 4.53. The topological polar surface area (TPSA) is 30.5 Å². The summed E-state index contributed by atoms with van der Waals surface area (Å²) in [6, 6.07) is 5.97. The molecule has 0 amide bonds. The molecule has 18 heavy (non-hydrogen) atoms. The molecular formula is C15H19NO2. The van der Waals surface area contributed by atoms with E-state index < -0.39 is 0 Å². The third-order valence-corrected chi connectivity index (χ3v) is 3.44. The summed E-state index contributed by atoms with van der Waals surface area (Å²) in [7, 11) is 3.65. The van der Waals surface area contributed by atoms with Crippen molar-refractivity contribution in [2.24, 2.45) is 0 Å². The van der Waals surface area contributed by atoms with E-state index >= 15 is 0 Å². The zero-order valence-electron chi connectivity index (χ0n) is 11.0. The Morgan fingerprint density at radius 3 is 2.72 bits per heavy atom. The van der Waals surface area contributed by atoms with Crippen LogP contribution in [0, 0.1) is 12.3 Å². The second-order valence-electron chi connectivity index (χ2n) is 4.53. The molecule has 0 bridgehead atoms. The van der Waals surface area contributed by atoms with E-state index in [1.165, 1.54) is 5.56 Å². The average Bonchev–Trinajstić information content (AvgIpc) is 3.20. The maximum absolute atomic E-state index is 5.79. The molecule has 3 nitrogen and oxygen atoms in total. The summed E-state index contributed by atoms with van der Waals surface area (Å²) >= 11 is 0. The molecule has 1 aromatic carbocycles. The maximum Gasteiger partial charge on any atom is 0.125 e. The van der Waals surface area contributed by atoms with Crippen LogP contribution in [0.2, 0.25) is 0 Å². The van der Waals surface area contributed by atoms with Gasteiger partial charge in [-0.25, -0.2) is 0 Å². The van der Waals surface area contributed by atoms with Crippen molar-refractivity contribution in [3.63, 3.8) is 0 Å². The molecule has 0 saturated heterocycles. The first-order valence-corrected chi connectivity index (χ1v) is 6.17. The molecule has 0 radical (unpaired) electrons. The Hall–Kier alpha value is -1.50. The monoisotopic (exact) mass is 245 g/mol. The van der Waals surface area contributed by atoms with Gasteiger partial charge in [0.1, 0.15) is 12.4 Å². The van der Waals surface area contributed by atoms with Crippen LogP contribution in [0.25, 0.3) is 0 Å². The van der Waals surface area contributed by atoms with Gasteiger partial charge in [-0.05, 0) is 32.0 Å². The van der Waals surface area contributed by atoms with E-state index in [9.17, 15) is 0 Å². The van der Waals surface area contributed by atoms with Gasteiger partial charge in [-0.3, -0.25) is 0 Å². The van der Waals surface area contributed by atoms with E-state index in [1.807, 2.05) is 19.2 Å². The van der Waals surface area contributed by atoms with Crippen LogP contribution in [0.15, 0.2) is 18.2 Å². The summed E-state index contributed by atoms with van der Waals surface area (Å²) in [5.41, 5.74) is 2.12. The lowest BCUT2D eigenvalue weighted by atomic mass is 10.0. The first-order valence-electron chi connectivity index (χ1n) is 6.17. The third-order valence-electron chi connectivity index (χ3n) is 3.44. The largest absolute Gasteiger partial charge is 0.491 e. The average molecular weight is 245 g/mol. The van der Waals surface area contributed by atoms with Crippen molar-refractivity contribution in [2.45, 2.75) is 18.4 Å². The van der Waals surface area contributed by atoms with Gasteiger partial charge < -0.3 is 14.8 Å². The molecule has 0 atom stereocenters. The Kier molecular flexibility index (Phi) is 3.90. The fourth-order valence-corrected chi connectivity index (χ4v) is 2.14. The van der Waals surface area contributed by atoms with E-state index in [1.54, 1.807) is 7.11 Å². The highest BCUT2D eigenvalue weighted by atomic mass is 16.5. The predicted octanol–water partition coefficient (Wildman–Crippen LogP) is 1.90. The molecule has 0 aliphatic heterocycles. The molecule has 96 valence electrons. The van der Waals surface area contributed by atoms with Gasteiger partial charge in [0.05, 0.1) is 6.61 Å². The number of hydrogen-bond acceptors (Lipinski definition) is 3. The number of methoxy groups -OCH3 is 1. The van der Waals surface area contributed by atoms with Gasteiger partial charge in [0.15, 0.2) is 0 Å². The zero-order chi connectivity index (χ0) is 13.0. The van der Waals surface area contributed by atoms with E-state index in [2.05, 4.69) is 17.3 Å². The zero-order valence-corrected chi connectivity index (χ0v) is 11.0. The van der Waals surface area contributed by atoms with E-state index in [-0.39, 0.29) is 5.54 Å². The minimum absolute atomic E-state index is 0.0789. The van der Waals surface area contributed by atoms with Crippen LogP contribution in [0.1, 0.15) is 24.0 Å². The summed E-state index contributed by atoms with van der Waals surface area (Å²) in [4.78, 5) is 0.